The van der Waals surface area contributed by atoms with Crippen LogP contribution in [-0.4, -0.2) is 70.2 Å². The molecule has 1 fully saturated rings. The number of pyridine rings is 1. The van der Waals surface area contributed by atoms with Gasteiger partial charge in [-0.1, -0.05) is 30.8 Å². The number of aromatic amines is 2. The van der Waals surface area contributed by atoms with Gasteiger partial charge in [-0.05, 0) is 124 Å². The molecule has 0 radical (unpaired) electrons. The Kier molecular flexibility index (Phi) is 8.39. The van der Waals surface area contributed by atoms with Crippen molar-refractivity contribution in [3.63, 3.8) is 0 Å². The van der Waals surface area contributed by atoms with Gasteiger partial charge in [-0.2, -0.15) is 5.10 Å². The third-order valence-corrected chi connectivity index (χ3v) is 8.79. The molecule has 6 aromatic rings. The van der Waals surface area contributed by atoms with Gasteiger partial charge >= 0.3 is 0 Å². The molecule has 4 heterocycles. The van der Waals surface area contributed by atoms with E-state index in [4.69, 9.17) is 5.10 Å². The van der Waals surface area contributed by atoms with Crippen LogP contribution in [-0.2, 0) is 6.42 Å². The molecule has 3 aromatic carbocycles. The van der Waals surface area contributed by atoms with Crippen LogP contribution in [0.4, 0.5) is 10.1 Å². The molecule has 3 N–H and O–H groups in total. The maximum Gasteiger partial charge on any atom is 0.124 e. The van der Waals surface area contributed by atoms with Gasteiger partial charge in [0.1, 0.15) is 11.5 Å². The fraction of sp³-hybridized carbons (Fsp3) is 0.263. The Hall–Kier alpha value is -4.79. The first-order valence-corrected chi connectivity index (χ1v) is 16.1. The minimum Gasteiger partial charge on any atom is -0.357 e. The molecule has 8 heteroatoms. The van der Waals surface area contributed by atoms with Crippen LogP contribution in [0.1, 0.15) is 24.8 Å². The van der Waals surface area contributed by atoms with Crippen LogP contribution in [0.2, 0.25) is 0 Å². The molecule has 0 unspecified atom stereocenters. The topological polar surface area (TPSA) is 75.9 Å². The van der Waals surface area contributed by atoms with Gasteiger partial charge < -0.3 is 20.1 Å². The average Bonchev–Trinajstić information content (AvgIpc) is 3.80. The second-order valence-corrected chi connectivity index (χ2v) is 12.7. The Morgan fingerprint density at radius 1 is 0.935 bits per heavy atom. The Bertz CT molecular complexity index is 2010. The molecule has 1 saturated heterocycles. The SMILES string of the molecule is C=C(CN(C)C)Nc1cncc(-c2ccc3[nH]nc(-c4cc5c(-c6cc(F)cc(CCCN7CCCC7)c6)cccc5[nH]4)c3c2)c1. The van der Waals surface area contributed by atoms with Gasteiger partial charge in [0.05, 0.1) is 23.1 Å². The lowest BCUT2D eigenvalue weighted by Crippen LogP contribution is -2.20. The average molecular weight is 614 g/mol. The van der Waals surface area contributed by atoms with Crippen molar-refractivity contribution in [3.05, 3.63) is 103 Å². The van der Waals surface area contributed by atoms with Gasteiger partial charge in [-0.15, -0.1) is 0 Å². The molecule has 1 aliphatic heterocycles. The summed E-state index contributed by atoms with van der Waals surface area (Å²) in [6.45, 7) is 8.32. The summed E-state index contributed by atoms with van der Waals surface area (Å²) in [5, 5.41) is 13.3. The standard InChI is InChI=1S/C38H40FN7/c1-25(24-45(2)3)41-31-19-29(22-40-23-31)27-11-12-36-34(20-27)38(44-43-36)37-21-33-32(9-6-10-35(33)42-37)28-16-26(17-30(39)18-28)8-7-15-46-13-4-5-14-46/h6,9-12,16-23,41-42H,1,4-5,7-8,13-15,24H2,2-3H3,(H,43,44). The van der Waals surface area contributed by atoms with E-state index in [2.05, 4.69) is 85.3 Å². The van der Waals surface area contributed by atoms with E-state index in [1.807, 2.05) is 32.6 Å². The fourth-order valence-electron chi connectivity index (χ4n) is 6.69. The molecule has 234 valence electrons. The molecular weight excluding hydrogens is 573 g/mol. The number of fused-ring (bicyclic) bond motifs is 2. The number of likely N-dealkylation sites (N-methyl/N-ethyl adjacent to an activating group) is 1. The zero-order chi connectivity index (χ0) is 31.6. The largest absolute Gasteiger partial charge is 0.357 e. The van der Waals surface area contributed by atoms with Gasteiger partial charge in [-0.25, -0.2) is 4.39 Å². The Morgan fingerprint density at radius 3 is 2.65 bits per heavy atom. The molecule has 0 spiro atoms. The smallest absolute Gasteiger partial charge is 0.124 e. The highest BCUT2D eigenvalue weighted by molar-refractivity contribution is 6.02. The number of anilines is 1. The molecule has 3 aromatic heterocycles. The zero-order valence-electron chi connectivity index (χ0n) is 26.5. The second-order valence-electron chi connectivity index (χ2n) is 12.7. The fourth-order valence-corrected chi connectivity index (χ4v) is 6.69. The summed E-state index contributed by atoms with van der Waals surface area (Å²) in [5.41, 5.74) is 10.5. The predicted octanol–water partition coefficient (Wildman–Crippen LogP) is 8.09. The number of hydrogen-bond donors (Lipinski definition) is 3. The van der Waals surface area contributed by atoms with Crippen molar-refractivity contribution in [2.75, 3.05) is 45.6 Å². The van der Waals surface area contributed by atoms with Crippen LogP contribution in [0.15, 0.2) is 91.4 Å². The predicted molar refractivity (Wildman–Crippen MR) is 187 cm³/mol. The summed E-state index contributed by atoms with van der Waals surface area (Å²) in [5.74, 6) is -0.192. The van der Waals surface area contributed by atoms with Gasteiger partial charge in [0.15, 0.2) is 0 Å². The summed E-state index contributed by atoms with van der Waals surface area (Å²) in [7, 11) is 4.03. The maximum absolute atomic E-state index is 14.9. The van der Waals surface area contributed by atoms with E-state index in [1.54, 1.807) is 12.1 Å². The number of nitrogens with one attached hydrogen (secondary N) is 3. The van der Waals surface area contributed by atoms with Crippen molar-refractivity contribution < 1.29 is 4.39 Å². The summed E-state index contributed by atoms with van der Waals surface area (Å²) < 4.78 is 14.9. The molecule has 7 nitrogen and oxygen atoms in total. The number of hydrogen-bond acceptors (Lipinski definition) is 5. The number of aryl methyl sites for hydroxylation is 1. The Labute approximate surface area is 269 Å². The van der Waals surface area contributed by atoms with Crippen molar-refractivity contribution in [2.24, 2.45) is 0 Å². The number of rotatable bonds is 11. The minimum atomic E-state index is -0.192. The lowest BCUT2D eigenvalue weighted by molar-refractivity contribution is 0.334. The van der Waals surface area contributed by atoms with E-state index in [9.17, 15) is 4.39 Å². The second kappa shape index (κ2) is 12.9. The van der Waals surface area contributed by atoms with Crippen molar-refractivity contribution in [3.8, 4) is 33.6 Å². The summed E-state index contributed by atoms with van der Waals surface area (Å²) >= 11 is 0. The van der Waals surface area contributed by atoms with Crippen molar-refractivity contribution >= 4 is 27.5 Å². The monoisotopic (exact) mass is 613 g/mol. The van der Waals surface area contributed by atoms with Crippen molar-refractivity contribution in [2.45, 2.75) is 25.7 Å². The Balaban J connectivity index is 1.18. The third-order valence-electron chi connectivity index (χ3n) is 8.79. The molecular formula is C38H40FN7. The van der Waals surface area contributed by atoms with Crippen LogP contribution < -0.4 is 5.32 Å². The third kappa shape index (κ3) is 6.45. The summed E-state index contributed by atoms with van der Waals surface area (Å²) in [6, 6.07) is 22.1. The number of aromatic nitrogens is 4. The maximum atomic E-state index is 14.9. The first-order valence-electron chi connectivity index (χ1n) is 16.1. The number of halogens is 1. The highest BCUT2D eigenvalue weighted by Crippen LogP contribution is 2.36. The molecule has 0 saturated carbocycles. The van der Waals surface area contributed by atoms with E-state index < -0.39 is 0 Å². The van der Waals surface area contributed by atoms with Gasteiger partial charge in [-0.3, -0.25) is 10.1 Å². The van der Waals surface area contributed by atoms with Crippen LogP contribution in [0, 0.1) is 5.82 Å². The summed E-state index contributed by atoms with van der Waals surface area (Å²) in [6.07, 6.45) is 8.17. The van der Waals surface area contributed by atoms with Gasteiger partial charge in [0.25, 0.3) is 0 Å². The van der Waals surface area contributed by atoms with Crippen LogP contribution in [0.25, 0.3) is 55.4 Å². The lowest BCUT2D eigenvalue weighted by atomic mass is 9.97. The lowest BCUT2D eigenvalue weighted by Gasteiger charge is -2.14. The van der Waals surface area contributed by atoms with E-state index in [0.29, 0.717) is 0 Å². The van der Waals surface area contributed by atoms with Gasteiger partial charge in [0, 0.05) is 40.3 Å². The molecule has 1 aliphatic rings. The highest BCUT2D eigenvalue weighted by Gasteiger charge is 2.16. The zero-order valence-corrected chi connectivity index (χ0v) is 26.5. The molecule has 0 aliphatic carbocycles. The number of likely N-dealkylation sites (tertiary alicyclic amines) is 1. The molecule has 0 amide bonds. The van der Waals surface area contributed by atoms with Crippen LogP contribution in [0.5, 0.6) is 0 Å². The molecule has 0 atom stereocenters. The minimum absolute atomic E-state index is 0.192. The van der Waals surface area contributed by atoms with E-state index in [1.165, 1.54) is 25.9 Å². The number of H-pyrrole nitrogens is 2. The van der Waals surface area contributed by atoms with E-state index >= 15 is 0 Å². The molecule has 46 heavy (non-hydrogen) atoms. The van der Waals surface area contributed by atoms with Crippen molar-refractivity contribution in [1.82, 2.24) is 30.0 Å². The van der Waals surface area contributed by atoms with Crippen LogP contribution in [0.3, 0.4) is 0 Å². The number of benzene rings is 3. The number of nitrogens with zero attached hydrogens (tertiary/aromatic N) is 4. The van der Waals surface area contributed by atoms with E-state index in [-0.39, 0.29) is 5.82 Å². The summed E-state index contributed by atoms with van der Waals surface area (Å²) in [4.78, 5) is 12.6. The Morgan fingerprint density at radius 2 is 1.80 bits per heavy atom. The van der Waals surface area contributed by atoms with Gasteiger partial charge in [0.2, 0.25) is 0 Å². The quantitative estimate of drug-likeness (QED) is 0.138. The molecule has 0 bridgehead atoms. The first kappa shape index (κ1) is 29.9. The molecule has 7 rings (SSSR count). The van der Waals surface area contributed by atoms with Crippen LogP contribution >= 0.6 is 0 Å². The highest BCUT2D eigenvalue weighted by atomic mass is 19.1. The van der Waals surface area contributed by atoms with Crippen molar-refractivity contribution in [1.29, 1.82) is 0 Å². The van der Waals surface area contributed by atoms with E-state index in [0.717, 1.165) is 98.3 Å². The first-order chi connectivity index (χ1) is 22.4. The normalized spacial score (nSPS) is 13.7.